The predicted molar refractivity (Wildman–Crippen MR) is 70.2 cm³/mol. The molecule has 0 aromatic rings. The van der Waals surface area contributed by atoms with Crippen molar-refractivity contribution in [2.75, 3.05) is 0 Å². The summed E-state index contributed by atoms with van der Waals surface area (Å²) in [7, 11) is -6.00. The molecule has 0 aromatic carbocycles. The van der Waals surface area contributed by atoms with Crippen LogP contribution in [0.15, 0.2) is 46.6 Å². The molecule has 4 bridgehead atoms. The smallest absolute Gasteiger partial charge is 0.418 e. The van der Waals surface area contributed by atoms with Crippen molar-refractivity contribution >= 4 is 7.25 Å². The molecular weight excluding hydrogens is 447 g/mol. The Morgan fingerprint density at radius 2 is 0.800 bits per heavy atom. The van der Waals surface area contributed by atoms with E-state index >= 15 is 0 Å². The Labute approximate surface area is 130 Å². The van der Waals surface area contributed by atoms with Gasteiger partial charge < -0.3 is 17.3 Å². The fraction of sp³-hybridized carbons (Fsp3) is 0.429. The Bertz CT molecular complexity index is 392. The van der Waals surface area contributed by atoms with Crippen LogP contribution in [0.2, 0.25) is 0 Å². The number of rotatable bonds is 0. The van der Waals surface area contributed by atoms with Crippen molar-refractivity contribution in [3.63, 3.8) is 0 Å². The average molecular weight is 463 g/mol. The summed E-state index contributed by atoms with van der Waals surface area (Å²) in [5.74, 6) is 0. The molecule has 4 rings (SSSR count). The number of hydrogen-bond acceptors (Lipinski definition) is 0. The average Bonchev–Trinajstić information content (AvgIpc) is 3.10. The number of allylic oxidation sites excluding steroid dienone is 8. The van der Waals surface area contributed by atoms with Crippen molar-refractivity contribution in [2.24, 2.45) is 0 Å². The second-order valence-electron chi connectivity index (χ2n) is 5.15. The maximum absolute atomic E-state index is 9.75. The molecule has 0 aromatic heterocycles. The molecule has 4 aliphatic rings. The van der Waals surface area contributed by atoms with Crippen molar-refractivity contribution in [1.29, 1.82) is 0 Å². The van der Waals surface area contributed by atoms with E-state index < -0.39 is 7.25 Å². The number of halogens is 4. The van der Waals surface area contributed by atoms with Crippen molar-refractivity contribution in [1.82, 2.24) is 0 Å². The van der Waals surface area contributed by atoms with Gasteiger partial charge in [0.15, 0.2) is 0 Å². The van der Waals surface area contributed by atoms with Crippen molar-refractivity contribution in [2.45, 2.75) is 38.5 Å². The van der Waals surface area contributed by atoms with E-state index in [4.69, 9.17) is 0 Å². The monoisotopic (exact) mass is 464 g/mol. The fourth-order valence-corrected chi connectivity index (χ4v) is 2.62. The zero-order valence-electron chi connectivity index (χ0n) is 11.0. The van der Waals surface area contributed by atoms with Gasteiger partial charge in [-0.3, -0.25) is 0 Å². The van der Waals surface area contributed by atoms with Crippen LogP contribution < -0.4 is 0 Å². The Balaban J connectivity index is 0.000000150. The van der Waals surface area contributed by atoms with Gasteiger partial charge in [0.05, 0.1) is 0 Å². The summed E-state index contributed by atoms with van der Waals surface area (Å²) in [4.78, 5) is 0. The maximum Gasteiger partial charge on any atom is 1.00 e. The quantitative estimate of drug-likeness (QED) is 0.335. The predicted octanol–water partition coefficient (Wildman–Crippen LogP) is 5.37. The first-order valence-electron chi connectivity index (χ1n) is 6.52. The summed E-state index contributed by atoms with van der Waals surface area (Å²) in [6.07, 6.45) is 17.1. The third-order valence-corrected chi connectivity index (χ3v) is 3.55. The van der Waals surface area contributed by atoms with Gasteiger partial charge in [-0.25, -0.2) is 0 Å². The van der Waals surface area contributed by atoms with E-state index in [0.717, 1.165) is 0 Å². The van der Waals surface area contributed by atoms with Gasteiger partial charge in [-0.1, -0.05) is 46.6 Å². The van der Waals surface area contributed by atoms with Crippen LogP contribution in [0, 0.1) is 0 Å². The van der Waals surface area contributed by atoms with E-state index in [1.165, 1.54) is 38.5 Å². The van der Waals surface area contributed by atoms with Crippen LogP contribution in [0.5, 0.6) is 0 Å². The molecule has 6 heteroatoms. The minimum Gasteiger partial charge on any atom is -0.418 e. The molecule has 0 aliphatic heterocycles. The zero-order valence-corrected chi connectivity index (χ0v) is 13.4. The van der Waals surface area contributed by atoms with E-state index in [0.29, 0.717) is 0 Å². The number of fused-ring (bicyclic) bond motifs is 4. The minimum absolute atomic E-state index is 0. The van der Waals surface area contributed by atoms with Gasteiger partial charge in [-0.05, 0) is 38.5 Å². The van der Waals surface area contributed by atoms with Crippen LogP contribution >= 0.6 is 0 Å². The SMILES string of the molecule is C1=C2CCC(=C1)C2.C1=C2CCC(=C1)C2.F[B-](F)(F)F.[Ir+]. The Kier molecular flexibility index (Phi) is 6.47. The first-order valence-corrected chi connectivity index (χ1v) is 6.52. The Morgan fingerprint density at radius 1 is 0.600 bits per heavy atom. The molecule has 0 radical (unpaired) electrons. The molecule has 0 spiro atoms. The number of hydrogen-bond donors (Lipinski definition) is 0. The molecular formula is C14H16BF4Ir. The molecule has 0 amide bonds. The van der Waals surface area contributed by atoms with Crippen LogP contribution in [0.4, 0.5) is 17.3 Å². The largest absolute Gasteiger partial charge is 1.00 e. The van der Waals surface area contributed by atoms with Gasteiger partial charge in [0.25, 0.3) is 0 Å². The van der Waals surface area contributed by atoms with Crippen LogP contribution in [0.25, 0.3) is 0 Å². The van der Waals surface area contributed by atoms with E-state index in [1.54, 1.807) is 22.3 Å². The summed E-state index contributed by atoms with van der Waals surface area (Å²) in [6.45, 7) is 0. The van der Waals surface area contributed by atoms with Crippen LogP contribution in [0.1, 0.15) is 38.5 Å². The molecule has 4 aliphatic carbocycles. The van der Waals surface area contributed by atoms with Gasteiger partial charge in [0, 0.05) is 0 Å². The Hall–Kier alpha value is -0.606. The summed E-state index contributed by atoms with van der Waals surface area (Å²) in [5, 5.41) is 0. The third kappa shape index (κ3) is 6.23. The molecule has 0 N–H and O–H groups in total. The van der Waals surface area contributed by atoms with Crippen molar-refractivity contribution in [3.05, 3.63) is 46.6 Å². The topological polar surface area (TPSA) is 0 Å². The molecule has 0 saturated heterocycles. The molecule has 2 saturated carbocycles. The molecule has 20 heavy (non-hydrogen) atoms. The maximum atomic E-state index is 9.75. The minimum atomic E-state index is -6.00. The summed E-state index contributed by atoms with van der Waals surface area (Å²) in [6, 6.07) is 0. The van der Waals surface area contributed by atoms with Crippen LogP contribution in [-0.4, -0.2) is 7.25 Å². The van der Waals surface area contributed by atoms with Crippen LogP contribution in [-0.2, 0) is 20.1 Å². The molecule has 0 nitrogen and oxygen atoms in total. The van der Waals surface area contributed by atoms with Crippen molar-refractivity contribution < 1.29 is 37.4 Å². The van der Waals surface area contributed by atoms with Gasteiger partial charge in [-0.15, -0.1) is 0 Å². The summed E-state index contributed by atoms with van der Waals surface area (Å²) in [5.41, 5.74) is 6.59. The van der Waals surface area contributed by atoms with Crippen molar-refractivity contribution in [3.8, 4) is 0 Å². The molecule has 2 fully saturated rings. The van der Waals surface area contributed by atoms with Gasteiger partial charge in [0.1, 0.15) is 0 Å². The molecule has 0 heterocycles. The second kappa shape index (κ2) is 7.42. The Morgan fingerprint density at radius 3 is 0.850 bits per heavy atom. The van der Waals surface area contributed by atoms with E-state index in [2.05, 4.69) is 24.3 Å². The van der Waals surface area contributed by atoms with Crippen LogP contribution in [0.3, 0.4) is 0 Å². The van der Waals surface area contributed by atoms with E-state index in [9.17, 15) is 17.3 Å². The third-order valence-electron chi connectivity index (χ3n) is 3.55. The van der Waals surface area contributed by atoms with Gasteiger partial charge >= 0.3 is 27.4 Å². The first-order chi connectivity index (χ1) is 8.90. The molecule has 0 atom stereocenters. The van der Waals surface area contributed by atoms with Gasteiger partial charge in [0.2, 0.25) is 0 Å². The molecule has 112 valence electrons. The zero-order chi connectivity index (χ0) is 13.9. The standard InChI is InChI=1S/2C7H8.BF4.Ir/c2*1-2-7-4-3-6(1)5-7;2-1(3,4)5;/h2*1-2H,3-5H2;;/q;;-1;+1. The fourth-order valence-electron chi connectivity index (χ4n) is 2.62. The van der Waals surface area contributed by atoms with E-state index in [-0.39, 0.29) is 20.1 Å². The second-order valence-corrected chi connectivity index (χ2v) is 5.15. The summed E-state index contributed by atoms with van der Waals surface area (Å²) < 4.78 is 39.0. The summed E-state index contributed by atoms with van der Waals surface area (Å²) >= 11 is 0. The molecule has 0 unspecified atom stereocenters. The first kappa shape index (κ1) is 17.4. The van der Waals surface area contributed by atoms with E-state index in [1.807, 2.05) is 0 Å². The normalized spacial score (nSPS) is 20.6. The van der Waals surface area contributed by atoms with Gasteiger partial charge in [-0.2, -0.15) is 0 Å².